The number of nitriles is 1. The first-order valence-electron chi connectivity index (χ1n) is 8.00. The first kappa shape index (κ1) is 13.9. The first-order valence-corrected chi connectivity index (χ1v) is 8.00. The van der Waals surface area contributed by atoms with Crippen molar-refractivity contribution in [3.8, 4) is 6.07 Å². The van der Waals surface area contributed by atoms with E-state index in [-0.39, 0.29) is 0 Å². The average molecular weight is 306 g/mol. The van der Waals surface area contributed by atoms with Crippen LogP contribution in [0.5, 0.6) is 0 Å². The zero-order chi connectivity index (χ0) is 15.6. The lowest BCUT2D eigenvalue weighted by Crippen LogP contribution is -2.49. The second-order valence-electron chi connectivity index (χ2n) is 6.11. The SMILES string of the molecule is N#Cc1ccnc(N2CCC3CCN(c4ncccn4)CC32)c1. The van der Waals surface area contributed by atoms with Crippen LogP contribution in [0.15, 0.2) is 36.8 Å². The van der Waals surface area contributed by atoms with Crippen molar-refractivity contribution in [2.75, 3.05) is 29.4 Å². The van der Waals surface area contributed by atoms with Crippen molar-refractivity contribution in [1.82, 2.24) is 15.0 Å². The fourth-order valence-electron chi connectivity index (χ4n) is 3.71. The summed E-state index contributed by atoms with van der Waals surface area (Å²) < 4.78 is 0. The molecule has 0 aliphatic carbocycles. The zero-order valence-corrected chi connectivity index (χ0v) is 12.8. The van der Waals surface area contributed by atoms with Gasteiger partial charge in [0.05, 0.1) is 17.7 Å². The van der Waals surface area contributed by atoms with Crippen molar-refractivity contribution in [3.63, 3.8) is 0 Å². The van der Waals surface area contributed by atoms with E-state index in [1.165, 1.54) is 6.42 Å². The molecule has 2 saturated heterocycles. The molecule has 0 saturated carbocycles. The maximum absolute atomic E-state index is 9.11. The molecule has 6 nitrogen and oxygen atoms in total. The van der Waals surface area contributed by atoms with Crippen LogP contribution in [0.3, 0.4) is 0 Å². The van der Waals surface area contributed by atoms with Gasteiger partial charge in [0.1, 0.15) is 5.82 Å². The molecule has 4 rings (SSSR count). The van der Waals surface area contributed by atoms with Gasteiger partial charge in [0.2, 0.25) is 5.95 Å². The first-order chi connectivity index (χ1) is 11.3. The Morgan fingerprint density at radius 1 is 1.09 bits per heavy atom. The molecule has 6 heteroatoms. The van der Waals surface area contributed by atoms with Crippen molar-refractivity contribution in [2.24, 2.45) is 5.92 Å². The second-order valence-corrected chi connectivity index (χ2v) is 6.11. The van der Waals surface area contributed by atoms with Gasteiger partial charge in [-0.2, -0.15) is 5.26 Å². The normalized spacial score (nSPS) is 23.4. The summed E-state index contributed by atoms with van der Waals surface area (Å²) in [6.07, 6.45) is 7.64. The fraction of sp³-hybridized carbons (Fsp3) is 0.412. The summed E-state index contributed by atoms with van der Waals surface area (Å²) in [4.78, 5) is 17.8. The smallest absolute Gasteiger partial charge is 0.225 e. The predicted molar refractivity (Wildman–Crippen MR) is 87.1 cm³/mol. The summed E-state index contributed by atoms with van der Waals surface area (Å²) in [5.74, 6) is 2.39. The highest BCUT2D eigenvalue weighted by atomic mass is 15.3. The molecule has 0 N–H and O–H groups in total. The van der Waals surface area contributed by atoms with E-state index in [1.807, 2.05) is 12.1 Å². The van der Waals surface area contributed by atoms with Gasteiger partial charge in [-0.1, -0.05) is 0 Å². The molecule has 2 atom stereocenters. The Hall–Kier alpha value is -2.68. The third kappa shape index (κ3) is 2.59. The molecule has 0 amide bonds. The molecule has 2 unspecified atom stereocenters. The van der Waals surface area contributed by atoms with Gasteiger partial charge in [0, 0.05) is 38.2 Å². The van der Waals surface area contributed by atoms with Crippen molar-refractivity contribution >= 4 is 11.8 Å². The number of aromatic nitrogens is 3. The minimum atomic E-state index is 0.411. The van der Waals surface area contributed by atoms with Crippen LogP contribution in [0.25, 0.3) is 0 Å². The summed E-state index contributed by atoms with van der Waals surface area (Å²) in [7, 11) is 0. The number of hydrogen-bond acceptors (Lipinski definition) is 6. The van der Waals surface area contributed by atoms with Crippen molar-refractivity contribution in [2.45, 2.75) is 18.9 Å². The Balaban J connectivity index is 1.58. The molecular formula is C17H18N6. The molecule has 0 aromatic carbocycles. The van der Waals surface area contributed by atoms with E-state index < -0.39 is 0 Å². The van der Waals surface area contributed by atoms with Gasteiger partial charge in [-0.25, -0.2) is 15.0 Å². The number of rotatable bonds is 2. The molecule has 0 radical (unpaired) electrons. The van der Waals surface area contributed by atoms with E-state index in [0.29, 0.717) is 17.5 Å². The van der Waals surface area contributed by atoms with E-state index in [9.17, 15) is 0 Å². The van der Waals surface area contributed by atoms with E-state index in [4.69, 9.17) is 5.26 Å². The molecule has 23 heavy (non-hydrogen) atoms. The quantitative estimate of drug-likeness (QED) is 0.843. The summed E-state index contributed by atoms with van der Waals surface area (Å²) in [6, 6.07) is 8.10. The number of fused-ring (bicyclic) bond motifs is 1. The highest BCUT2D eigenvalue weighted by molar-refractivity contribution is 5.48. The molecule has 2 aliphatic rings. The van der Waals surface area contributed by atoms with Crippen LogP contribution < -0.4 is 9.80 Å². The topological polar surface area (TPSA) is 68.9 Å². The Morgan fingerprint density at radius 3 is 2.74 bits per heavy atom. The van der Waals surface area contributed by atoms with Gasteiger partial charge < -0.3 is 9.80 Å². The molecule has 2 aromatic heterocycles. The van der Waals surface area contributed by atoms with Crippen molar-refractivity contribution in [3.05, 3.63) is 42.4 Å². The fourth-order valence-corrected chi connectivity index (χ4v) is 3.71. The highest BCUT2D eigenvalue weighted by Gasteiger charge is 2.39. The van der Waals surface area contributed by atoms with Crippen LogP contribution in [0.2, 0.25) is 0 Å². The van der Waals surface area contributed by atoms with Gasteiger partial charge in [-0.05, 0) is 37.0 Å². The average Bonchev–Trinajstić information content (AvgIpc) is 3.05. The van der Waals surface area contributed by atoms with Gasteiger partial charge in [0.25, 0.3) is 0 Å². The molecule has 0 bridgehead atoms. The number of pyridine rings is 1. The maximum atomic E-state index is 9.11. The van der Waals surface area contributed by atoms with Gasteiger partial charge in [-0.15, -0.1) is 0 Å². The standard InChI is InChI=1S/C17H18N6/c18-11-13-2-7-19-16(10-13)23-9-4-14-3-8-22(12-15(14)23)17-20-5-1-6-21-17/h1-2,5-7,10,14-15H,3-4,8-9,12H2. The number of nitrogens with zero attached hydrogens (tertiary/aromatic N) is 6. The molecule has 116 valence electrons. The Bertz CT molecular complexity index is 725. The predicted octanol–water partition coefficient (Wildman–Crippen LogP) is 1.85. The van der Waals surface area contributed by atoms with Crippen LogP contribution >= 0.6 is 0 Å². The van der Waals surface area contributed by atoms with E-state index in [1.54, 1.807) is 24.7 Å². The molecule has 2 fully saturated rings. The van der Waals surface area contributed by atoms with Crippen molar-refractivity contribution < 1.29 is 0 Å². The Morgan fingerprint density at radius 2 is 1.91 bits per heavy atom. The van der Waals surface area contributed by atoms with Crippen molar-refractivity contribution in [1.29, 1.82) is 5.26 Å². The molecule has 2 aromatic rings. The summed E-state index contributed by atoms with van der Waals surface area (Å²) in [6.45, 7) is 2.92. The lowest BCUT2D eigenvalue weighted by Gasteiger charge is -2.38. The molecule has 2 aliphatic heterocycles. The van der Waals surface area contributed by atoms with E-state index in [2.05, 4.69) is 30.8 Å². The minimum absolute atomic E-state index is 0.411. The second kappa shape index (κ2) is 5.84. The largest absolute Gasteiger partial charge is 0.352 e. The summed E-state index contributed by atoms with van der Waals surface area (Å²) in [5.41, 5.74) is 0.664. The monoisotopic (exact) mass is 306 g/mol. The van der Waals surface area contributed by atoms with Crippen LogP contribution in [0.1, 0.15) is 18.4 Å². The number of anilines is 2. The number of piperidine rings is 1. The Labute approximate surface area is 135 Å². The van der Waals surface area contributed by atoms with Gasteiger partial charge in [0.15, 0.2) is 0 Å². The van der Waals surface area contributed by atoms with E-state index in [0.717, 1.165) is 37.8 Å². The number of hydrogen-bond donors (Lipinski definition) is 0. The molecule has 0 spiro atoms. The van der Waals surface area contributed by atoms with Gasteiger partial charge >= 0.3 is 0 Å². The maximum Gasteiger partial charge on any atom is 0.225 e. The Kier molecular flexibility index (Phi) is 3.54. The molecule has 4 heterocycles. The highest BCUT2D eigenvalue weighted by Crippen LogP contribution is 2.35. The molecular weight excluding hydrogens is 288 g/mol. The lowest BCUT2D eigenvalue weighted by atomic mass is 9.92. The third-order valence-corrected chi connectivity index (χ3v) is 4.87. The van der Waals surface area contributed by atoms with Crippen LogP contribution in [-0.2, 0) is 0 Å². The summed E-state index contributed by atoms with van der Waals surface area (Å²) >= 11 is 0. The third-order valence-electron chi connectivity index (χ3n) is 4.87. The van der Waals surface area contributed by atoms with E-state index >= 15 is 0 Å². The zero-order valence-electron chi connectivity index (χ0n) is 12.8. The van der Waals surface area contributed by atoms with Crippen LogP contribution in [0, 0.1) is 17.2 Å². The van der Waals surface area contributed by atoms with Crippen LogP contribution in [0.4, 0.5) is 11.8 Å². The minimum Gasteiger partial charge on any atom is -0.352 e. The van der Waals surface area contributed by atoms with Crippen LogP contribution in [-0.4, -0.2) is 40.6 Å². The summed E-state index contributed by atoms with van der Waals surface area (Å²) in [5, 5.41) is 9.11. The van der Waals surface area contributed by atoms with Gasteiger partial charge in [-0.3, -0.25) is 0 Å². The lowest BCUT2D eigenvalue weighted by molar-refractivity contribution is 0.387.